The molecule has 0 heterocycles. The van der Waals surface area contributed by atoms with E-state index in [1.807, 2.05) is 21.1 Å². The number of aliphatic hydroxyl groups excluding tert-OH is 1. The number of quaternary nitrogens is 1. The number of unbranched alkanes of at least 4 members (excludes halogenated alkanes) is 29. The van der Waals surface area contributed by atoms with Crippen molar-refractivity contribution in [3.63, 3.8) is 0 Å². The molecule has 0 rings (SSSR count). The lowest BCUT2D eigenvalue weighted by atomic mass is 10.0. The molecule has 0 bridgehead atoms. The van der Waals surface area contributed by atoms with Crippen LogP contribution < -0.4 is 10.2 Å². The molecule has 0 aliphatic heterocycles. The number of nitrogens with zero attached hydrogens (tertiary/aromatic N) is 1. The lowest BCUT2D eigenvalue weighted by molar-refractivity contribution is -0.870. The van der Waals surface area contributed by atoms with Crippen LogP contribution in [0.4, 0.5) is 0 Å². The van der Waals surface area contributed by atoms with Crippen molar-refractivity contribution < 1.29 is 32.9 Å². The lowest BCUT2D eigenvalue weighted by Crippen LogP contribution is -2.46. The average Bonchev–Trinajstić information content (AvgIpc) is 3.30. The van der Waals surface area contributed by atoms with E-state index in [2.05, 4.69) is 79.9 Å². The fraction of sp³-hybridized carbons (Fsp3) is 0.814. The molecule has 0 saturated carbocycles. The van der Waals surface area contributed by atoms with Crippen molar-refractivity contribution in [2.45, 2.75) is 270 Å². The van der Waals surface area contributed by atoms with Gasteiger partial charge in [-0.05, 0) is 57.8 Å². The van der Waals surface area contributed by atoms with Crippen molar-refractivity contribution in [1.29, 1.82) is 0 Å². The summed E-state index contributed by atoms with van der Waals surface area (Å²) in [5, 5.41) is 14.0. The zero-order chi connectivity index (χ0) is 49.9. The first-order chi connectivity index (χ1) is 33.0. The Hall–Kier alpha value is -1.80. The molecule has 0 spiro atoms. The van der Waals surface area contributed by atoms with E-state index in [9.17, 15) is 19.4 Å². The van der Waals surface area contributed by atoms with Crippen molar-refractivity contribution in [1.82, 2.24) is 5.32 Å². The number of carbonyl (C=O) groups excluding carboxylic acids is 1. The fourth-order valence-electron chi connectivity index (χ4n) is 8.30. The van der Waals surface area contributed by atoms with Gasteiger partial charge in [0.2, 0.25) is 5.91 Å². The number of likely N-dealkylation sites (N-methyl/N-ethyl adjacent to an activating group) is 1. The summed E-state index contributed by atoms with van der Waals surface area (Å²) in [6, 6.07) is -0.803. The molecule has 9 heteroatoms. The monoisotopic (exact) mass is 975 g/mol. The number of allylic oxidation sites excluding steroid dienone is 10. The van der Waals surface area contributed by atoms with Gasteiger partial charge < -0.3 is 28.8 Å². The van der Waals surface area contributed by atoms with Crippen LogP contribution in [0, 0.1) is 0 Å². The van der Waals surface area contributed by atoms with Crippen molar-refractivity contribution in [2.75, 3.05) is 40.9 Å². The Bertz CT molecular complexity index is 1290. The van der Waals surface area contributed by atoms with Crippen molar-refractivity contribution in [2.24, 2.45) is 0 Å². The van der Waals surface area contributed by atoms with E-state index in [4.69, 9.17) is 9.05 Å². The largest absolute Gasteiger partial charge is 0.756 e. The van der Waals surface area contributed by atoms with Crippen LogP contribution in [0.2, 0.25) is 0 Å². The van der Waals surface area contributed by atoms with Gasteiger partial charge in [0.1, 0.15) is 13.2 Å². The normalized spacial score (nSPS) is 14.4. The summed E-state index contributed by atoms with van der Waals surface area (Å²) in [6.45, 7) is 4.63. The number of nitrogens with one attached hydrogen (secondary N) is 1. The van der Waals surface area contributed by atoms with Crippen LogP contribution in [0.25, 0.3) is 0 Å². The number of phosphoric acid groups is 1. The smallest absolute Gasteiger partial charge is 0.268 e. The van der Waals surface area contributed by atoms with E-state index in [1.165, 1.54) is 161 Å². The summed E-state index contributed by atoms with van der Waals surface area (Å²) in [4.78, 5) is 25.5. The van der Waals surface area contributed by atoms with Crippen LogP contribution in [0.5, 0.6) is 0 Å². The minimum absolute atomic E-state index is 0.0109. The highest BCUT2D eigenvalue weighted by molar-refractivity contribution is 7.45. The van der Waals surface area contributed by atoms with Gasteiger partial charge in [0.05, 0.1) is 39.9 Å². The van der Waals surface area contributed by atoms with Gasteiger partial charge in [-0.3, -0.25) is 9.36 Å². The van der Waals surface area contributed by atoms with E-state index < -0.39 is 20.0 Å². The Kier molecular flexibility index (Phi) is 48.8. The fourth-order valence-corrected chi connectivity index (χ4v) is 9.03. The van der Waals surface area contributed by atoms with Gasteiger partial charge in [-0.25, -0.2) is 0 Å². The van der Waals surface area contributed by atoms with Gasteiger partial charge >= 0.3 is 0 Å². The molecular weight excluding hydrogens is 864 g/mol. The molecule has 0 aromatic heterocycles. The predicted molar refractivity (Wildman–Crippen MR) is 293 cm³/mol. The SMILES string of the molecule is CC/C=C\C/C=C\C/C=C\C/C=C\C/C=C\CCCCCCCCCCCCCCCC(=O)NC(COP(=O)([O-])OCC[N+](C)(C)C)C(O)CCCCCCCCCCCCCCCCCCC. The maximum Gasteiger partial charge on any atom is 0.268 e. The maximum absolute atomic E-state index is 13.0. The van der Waals surface area contributed by atoms with Gasteiger partial charge in [0.15, 0.2) is 0 Å². The van der Waals surface area contributed by atoms with Gasteiger partial charge in [-0.15, -0.1) is 0 Å². The second kappa shape index (κ2) is 50.2. The summed E-state index contributed by atoms with van der Waals surface area (Å²) in [7, 11) is 1.31. The third-order valence-corrected chi connectivity index (χ3v) is 13.7. The number of aliphatic hydroxyl groups is 1. The molecule has 0 aliphatic rings. The topological polar surface area (TPSA) is 108 Å². The van der Waals surface area contributed by atoms with E-state index >= 15 is 0 Å². The molecule has 0 saturated heterocycles. The summed E-state index contributed by atoms with van der Waals surface area (Å²) in [6.07, 6.45) is 66.7. The molecule has 68 heavy (non-hydrogen) atoms. The lowest BCUT2D eigenvalue weighted by Gasteiger charge is -2.30. The van der Waals surface area contributed by atoms with Crippen LogP contribution in [0.3, 0.4) is 0 Å². The number of carbonyl (C=O) groups is 1. The number of hydrogen-bond acceptors (Lipinski definition) is 6. The van der Waals surface area contributed by atoms with E-state index in [0.717, 1.165) is 70.6 Å². The summed E-state index contributed by atoms with van der Waals surface area (Å²) in [5.74, 6) is -0.166. The molecule has 398 valence electrons. The molecule has 0 fully saturated rings. The number of hydrogen-bond donors (Lipinski definition) is 2. The highest BCUT2D eigenvalue weighted by Gasteiger charge is 2.24. The average molecular weight is 976 g/mol. The standard InChI is InChI=1S/C59H111N2O6P/c1-6-8-10-12-14-16-18-20-22-24-25-26-27-28-29-30-31-32-33-34-35-37-39-41-43-45-47-49-51-53-59(63)60-57(56-67-68(64,65)66-55-54-61(3,4)5)58(62)52-50-48-46-44-42-40-38-36-23-21-19-17-15-13-11-9-7-2/h8,10,14,16,20,22,25-26,28-29,57-58,62H,6-7,9,11-13,15,17-19,21,23-24,27,30-56H2,1-5H3,(H-,60,63,64,65)/b10-8-,16-14-,22-20-,26-25-,29-28-. The van der Waals surface area contributed by atoms with Gasteiger partial charge in [-0.2, -0.15) is 0 Å². The molecule has 1 amide bonds. The van der Waals surface area contributed by atoms with Crippen LogP contribution in [-0.2, 0) is 18.4 Å². The maximum atomic E-state index is 13.0. The van der Waals surface area contributed by atoms with Crippen LogP contribution in [-0.4, -0.2) is 68.5 Å². The van der Waals surface area contributed by atoms with Crippen molar-refractivity contribution in [3.8, 4) is 0 Å². The van der Waals surface area contributed by atoms with E-state index in [0.29, 0.717) is 23.9 Å². The number of rotatable bonds is 52. The van der Waals surface area contributed by atoms with Crippen LogP contribution in [0.1, 0.15) is 258 Å². The highest BCUT2D eigenvalue weighted by atomic mass is 31.2. The number of phosphoric ester groups is 1. The van der Waals surface area contributed by atoms with E-state index in [1.54, 1.807) is 0 Å². The first kappa shape index (κ1) is 66.2. The van der Waals surface area contributed by atoms with Crippen molar-refractivity contribution >= 4 is 13.7 Å². The second-order valence-electron chi connectivity index (χ2n) is 20.6. The molecule has 2 N–H and O–H groups in total. The molecule has 3 atom stereocenters. The predicted octanol–water partition coefficient (Wildman–Crippen LogP) is 16.7. The molecule has 0 radical (unpaired) electrons. The van der Waals surface area contributed by atoms with Gasteiger partial charge in [0.25, 0.3) is 7.82 Å². The summed E-state index contributed by atoms with van der Waals surface area (Å²) >= 11 is 0. The third kappa shape index (κ3) is 52.0. The van der Waals surface area contributed by atoms with E-state index in [-0.39, 0.29) is 19.1 Å². The summed E-state index contributed by atoms with van der Waals surface area (Å²) < 4.78 is 23.4. The third-order valence-electron chi connectivity index (χ3n) is 12.8. The first-order valence-electron chi connectivity index (χ1n) is 28.6. The molecule has 0 aromatic carbocycles. The molecule has 0 aliphatic carbocycles. The quantitative estimate of drug-likeness (QED) is 0.0272. The Labute approximate surface area is 422 Å². The molecule has 8 nitrogen and oxygen atoms in total. The number of amides is 1. The minimum Gasteiger partial charge on any atom is -0.756 e. The second-order valence-corrected chi connectivity index (χ2v) is 22.0. The molecule has 0 aromatic rings. The Morgan fingerprint density at radius 2 is 0.897 bits per heavy atom. The highest BCUT2D eigenvalue weighted by Crippen LogP contribution is 2.38. The summed E-state index contributed by atoms with van der Waals surface area (Å²) in [5.41, 5.74) is 0. The van der Waals surface area contributed by atoms with Gasteiger partial charge in [0, 0.05) is 6.42 Å². The van der Waals surface area contributed by atoms with Gasteiger partial charge in [-0.1, -0.05) is 254 Å². The molecular formula is C59H111N2O6P. The Morgan fingerprint density at radius 3 is 1.31 bits per heavy atom. The zero-order valence-electron chi connectivity index (χ0n) is 45.3. The van der Waals surface area contributed by atoms with Crippen LogP contribution >= 0.6 is 7.82 Å². The van der Waals surface area contributed by atoms with Crippen LogP contribution in [0.15, 0.2) is 60.8 Å². The zero-order valence-corrected chi connectivity index (χ0v) is 46.2. The molecule has 3 unspecified atom stereocenters. The Morgan fingerprint density at radius 1 is 0.529 bits per heavy atom. The minimum atomic E-state index is -4.57. The first-order valence-corrected chi connectivity index (χ1v) is 30.1. The Balaban J connectivity index is 4.13. The van der Waals surface area contributed by atoms with Crippen molar-refractivity contribution in [3.05, 3.63) is 60.8 Å².